The molecule has 0 aromatic heterocycles. The predicted molar refractivity (Wildman–Crippen MR) is 105 cm³/mol. The summed E-state index contributed by atoms with van der Waals surface area (Å²) in [6, 6.07) is 14.5. The van der Waals surface area contributed by atoms with Crippen molar-refractivity contribution in [1.82, 2.24) is 0 Å². The van der Waals surface area contributed by atoms with Crippen LogP contribution >= 0.6 is 0 Å². The van der Waals surface area contributed by atoms with Gasteiger partial charge >= 0.3 is 0 Å². The zero-order chi connectivity index (χ0) is 20.6. The molecule has 28 heavy (non-hydrogen) atoms. The van der Waals surface area contributed by atoms with Crippen LogP contribution in [0.15, 0.2) is 48.5 Å². The van der Waals surface area contributed by atoms with E-state index in [1.165, 1.54) is 0 Å². The van der Waals surface area contributed by atoms with Gasteiger partial charge in [-0.1, -0.05) is 24.3 Å². The molecule has 0 fully saturated rings. The van der Waals surface area contributed by atoms with E-state index in [-0.39, 0.29) is 37.6 Å². The zero-order valence-corrected chi connectivity index (χ0v) is 16.7. The SMILES string of the molecule is O=S(=O)(O)CCCOc1ccc(-c2ccc(OCCCS(=O)(=O)O)cc2)cc1. The highest BCUT2D eigenvalue weighted by atomic mass is 32.2. The summed E-state index contributed by atoms with van der Waals surface area (Å²) >= 11 is 0. The average Bonchev–Trinajstić information content (AvgIpc) is 2.62. The molecule has 0 heterocycles. The molecule has 0 aliphatic heterocycles. The average molecular weight is 431 g/mol. The second-order valence-electron chi connectivity index (χ2n) is 6.02. The lowest BCUT2D eigenvalue weighted by molar-refractivity contribution is 0.316. The van der Waals surface area contributed by atoms with Crippen LogP contribution in [-0.2, 0) is 20.2 Å². The van der Waals surface area contributed by atoms with E-state index in [2.05, 4.69) is 0 Å². The maximum absolute atomic E-state index is 10.6. The summed E-state index contributed by atoms with van der Waals surface area (Å²) in [5.41, 5.74) is 1.89. The minimum absolute atomic E-state index is 0.183. The Morgan fingerprint density at radius 1 is 0.607 bits per heavy atom. The lowest BCUT2D eigenvalue weighted by Gasteiger charge is -2.09. The zero-order valence-electron chi connectivity index (χ0n) is 15.0. The van der Waals surface area contributed by atoms with E-state index in [1.54, 1.807) is 24.3 Å². The Bertz CT molecular complexity index is 868. The van der Waals surface area contributed by atoms with Gasteiger partial charge in [0.2, 0.25) is 0 Å². The molecule has 0 spiro atoms. The number of benzene rings is 2. The van der Waals surface area contributed by atoms with Crippen LogP contribution < -0.4 is 9.47 Å². The fraction of sp³-hybridized carbons (Fsp3) is 0.333. The topological polar surface area (TPSA) is 127 Å². The van der Waals surface area contributed by atoms with Gasteiger partial charge in [-0.15, -0.1) is 0 Å². The van der Waals surface area contributed by atoms with Gasteiger partial charge in [-0.2, -0.15) is 16.8 Å². The molecule has 8 nitrogen and oxygen atoms in total. The molecule has 0 bridgehead atoms. The van der Waals surface area contributed by atoms with Crippen molar-refractivity contribution in [2.24, 2.45) is 0 Å². The summed E-state index contributed by atoms with van der Waals surface area (Å²) in [6.07, 6.45) is 0.401. The Hall–Kier alpha value is -2.14. The monoisotopic (exact) mass is 430 g/mol. The van der Waals surface area contributed by atoms with E-state index in [0.717, 1.165) is 11.1 Å². The third-order valence-corrected chi connectivity index (χ3v) is 5.28. The van der Waals surface area contributed by atoms with Crippen LogP contribution in [0.1, 0.15) is 12.8 Å². The Morgan fingerprint density at radius 2 is 0.929 bits per heavy atom. The molecule has 0 amide bonds. The summed E-state index contributed by atoms with van der Waals surface area (Å²) in [5, 5.41) is 0. The Kier molecular flexibility index (Phi) is 7.81. The lowest BCUT2D eigenvalue weighted by atomic mass is 10.1. The summed E-state index contributed by atoms with van der Waals surface area (Å²) in [7, 11) is -7.93. The second kappa shape index (κ2) is 9.87. The van der Waals surface area contributed by atoms with Crippen LogP contribution in [0.4, 0.5) is 0 Å². The van der Waals surface area contributed by atoms with E-state index in [1.807, 2.05) is 24.3 Å². The molecule has 2 rings (SSSR count). The molecule has 0 saturated heterocycles. The maximum Gasteiger partial charge on any atom is 0.264 e. The predicted octanol–water partition coefficient (Wildman–Crippen LogP) is 2.67. The van der Waals surface area contributed by atoms with Crippen LogP contribution in [0.3, 0.4) is 0 Å². The maximum atomic E-state index is 10.6. The van der Waals surface area contributed by atoms with E-state index in [9.17, 15) is 16.8 Å². The minimum Gasteiger partial charge on any atom is -0.494 e. The van der Waals surface area contributed by atoms with Crippen LogP contribution in [0.5, 0.6) is 11.5 Å². The Morgan fingerprint density at radius 3 is 1.21 bits per heavy atom. The van der Waals surface area contributed by atoms with Crippen LogP contribution in [0.2, 0.25) is 0 Å². The van der Waals surface area contributed by atoms with E-state index in [4.69, 9.17) is 18.6 Å². The first-order valence-electron chi connectivity index (χ1n) is 8.49. The van der Waals surface area contributed by atoms with Crippen LogP contribution in [0, 0.1) is 0 Å². The third kappa shape index (κ3) is 8.70. The standard InChI is InChI=1S/C18H22O8S2/c19-27(20,21)13-1-11-25-17-7-3-15(4-8-17)16-5-9-18(10-6-16)26-12-2-14-28(22,23)24/h3-10H,1-2,11-14H2,(H,19,20,21)(H,22,23,24). The molecule has 154 valence electrons. The van der Waals surface area contributed by atoms with Crippen molar-refractivity contribution >= 4 is 20.2 Å². The molecule has 2 aromatic rings. The lowest BCUT2D eigenvalue weighted by Crippen LogP contribution is -2.08. The van der Waals surface area contributed by atoms with E-state index >= 15 is 0 Å². The highest BCUT2D eigenvalue weighted by Crippen LogP contribution is 2.24. The molecule has 0 unspecified atom stereocenters. The minimum atomic E-state index is -3.97. The van der Waals surface area contributed by atoms with Gasteiger partial charge in [-0.3, -0.25) is 9.11 Å². The highest BCUT2D eigenvalue weighted by molar-refractivity contribution is 7.86. The van der Waals surface area contributed by atoms with Gasteiger partial charge in [0, 0.05) is 0 Å². The van der Waals surface area contributed by atoms with Crippen molar-refractivity contribution < 1.29 is 35.4 Å². The largest absolute Gasteiger partial charge is 0.494 e. The first-order chi connectivity index (χ1) is 13.1. The molecular weight excluding hydrogens is 408 g/mol. The molecule has 0 saturated carbocycles. The third-order valence-electron chi connectivity index (χ3n) is 3.67. The highest BCUT2D eigenvalue weighted by Gasteiger charge is 2.06. The van der Waals surface area contributed by atoms with Gasteiger partial charge in [0.15, 0.2) is 0 Å². The van der Waals surface area contributed by atoms with Crippen LogP contribution in [0.25, 0.3) is 11.1 Å². The molecule has 2 aromatic carbocycles. The van der Waals surface area contributed by atoms with Crippen molar-refractivity contribution in [2.45, 2.75) is 12.8 Å². The summed E-state index contributed by atoms with van der Waals surface area (Å²) < 4.78 is 70.7. The number of ether oxygens (including phenoxy) is 2. The number of hydrogen-bond donors (Lipinski definition) is 2. The molecule has 0 atom stereocenters. The van der Waals surface area contributed by atoms with Gasteiger partial charge in [0.1, 0.15) is 11.5 Å². The fourth-order valence-corrected chi connectivity index (χ4v) is 3.32. The second-order valence-corrected chi connectivity index (χ2v) is 9.17. The Balaban J connectivity index is 1.83. The molecular formula is C18H22O8S2. The van der Waals surface area contributed by atoms with E-state index in [0.29, 0.717) is 11.5 Å². The summed E-state index contributed by atoms with van der Waals surface area (Å²) in [5.74, 6) is 0.515. The molecule has 0 aliphatic rings. The van der Waals surface area contributed by atoms with Gasteiger partial charge in [-0.25, -0.2) is 0 Å². The fourth-order valence-electron chi connectivity index (χ4n) is 2.35. The Labute approximate surface area is 164 Å². The van der Waals surface area contributed by atoms with Crippen molar-refractivity contribution in [3.05, 3.63) is 48.5 Å². The quantitative estimate of drug-likeness (QED) is 0.411. The first kappa shape index (κ1) is 22.2. The van der Waals surface area contributed by atoms with Crippen molar-refractivity contribution in [3.63, 3.8) is 0 Å². The van der Waals surface area contributed by atoms with Gasteiger partial charge in [0.05, 0.1) is 24.7 Å². The molecule has 2 N–H and O–H groups in total. The van der Waals surface area contributed by atoms with Gasteiger partial charge in [0.25, 0.3) is 20.2 Å². The van der Waals surface area contributed by atoms with Crippen LogP contribution in [-0.4, -0.2) is 50.7 Å². The van der Waals surface area contributed by atoms with Crippen molar-refractivity contribution in [3.8, 4) is 22.6 Å². The van der Waals surface area contributed by atoms with Crippen molar-refractivity contribution in [2.75, 3.05) is 24.7 Å². The number of hydrogen-bond acceptors (Lipinski definition) is 6. The summed E-state index contributed by atoms with van der Waals surface area (Å²) in [6.45, 7) is 0.367. The smallest absolute Gasteiger partial charge is 0.264 e. The summed E-state index contributed by atoms with van der Waals surface area (Å²) in [4.78, 5) is 0. The number of rotatable bonds is 11. The molecule has 0 aliphatic carbocycles. The molecule has 0 radical (unpaired) electrons. The normalized spacial score (nSPS) is 11.9. The van der Waals surface area contributed by atoms with Crippen molar-refractivity contribution in [1.29, 1.82) is 0 Å². The van der Waals surface area contributed by atoms with E-state index < -0.39 is 20.2 Å². The molecule has 10 heteroatoms. The van der Waals surface area contributed by atoms with Gasteiger partial charge < -0.3 is 9.47 Å². The first-order valence-corrected chi connectivity index (χ1v) is 11.7. The van der Waals surface area contributed by atoms with Gasteiger partial charge in [-0.05, 0) is 48.2 Å².